The molecule has 74 valence electrons. The molecular weight excluding hydrogens is 190 g/mol. The predicted molar refractivity (Wildman–Crippen MR) is 54.4 cm³/mol. The molecule has 0 aliphatic heterocycles. The fraction of sp³-hybridized carbons (Fsp3) is 0.333. The number of phenolic OH excluding ortho intramolecular Hbond substituents is 1. The smallest absolute Gasteiger partial charge is 0.162 e. The SMILES string of the molecule is CCOc1cccc(CN)c1O.Cl. The summed E-state index contributed by atoms with van der Waals surface area (Å²) in [5.41, 5.74) is 6.11. The van der Waals surface area contributed by atoms with Gasteiger partial charge in [0.1, 0.15) is 0 Å². The highest BCUT2D eigenvalue weighted by Gasteiger charge is 2.04. The van der Waals surface area contributed by atoms with Crippen LogP contribution in [0.2, 0.25) is 0 Å². The number of para-hydroxylation sites is 1. The maximum Gasteiger partial charge on any atom is 0.162 e. The molecule has 13 heavy (non-hydrogen) atoms. The van der Waals surface area contributed by atoms with Gasteiger partial charge in [0, 0.05) is 12.1 Å². The Morgan fingerprint density at radius 2 is 2.15 bits per heavy atom. The number of hydrogen-bond acceptors (Lipinski definition) is 3. The van der Waals surface area contributed by atoms with Gasteiger partial charge >= 0.3 is 0 Å². The van der Waals surface area contributed by atoms with E-state index in [2.05, 4.69) is 0 Å². The van der Waals surface area contributed by atoms with Gasteiger partial charge in [-0.3, -0.25) is 0 Å². The summed E-state index contributed by atoms with van der Waals surface area (Å²) < 4.78 is 5.17. The first-order valence-electron chi connectivity index (χ1n) is 3.93. The maximum atomic E-state index is 9.51. The van der Waals surface area contributed by atoms with Gasteiger partial charge < -0.3 is 15.6 Å². The highest BCUT2D eigenvalue weighted by atomic mass is 35.5. The number of halogens is 1. The van der Waals surface area contributed by atoms with Gasteiger partial charge in [-0.1, -0.05) is 12.1 Å². The summed E-state index contributed by atoms with van der Waals surface area (Å²) in [6.07, 6.45) is 0. The molecule has 0 amide bonds. The Labute approximate surface area is 83.9 Å². The third-order valence-electron chi connectivity index (χ3n) is 1.60. The van der Waals surface area contributed by atoms with Gasteiger partial charge in [-0.2, -0.15) is 0 Å². The average Bonchev–Trinajstić information content (AvgIpc) is 2.09. The van der Waals surface area contributed by atoms with E-state index in [0.717, 1.165) is 0 Å². The van der Waals surface area contributed by atoms with E-state index >= 15 is 0 Å². The number of aromatic hydroxyl groups is 1. The quantitative estimate of drug-likeness (QED) is 0.786. The topological polar surface area (TPSA) is 55.5 Å². The van der Waals surface area contributed by atoms with Crippen LogP contribution in [0.5, 0.6) is 11.5 Å². The summed E-state index contributed by atoms with van der Waals surface area (Å²) in [4.78, 5) is 0. The van der Waals surface area contributed by atoms with E-state index in [9.17, 15) is 5.11 Å². The first kappa shape index (κ1) is 12.1. The molecule has 0 radical (unpaired) electrons. The predicted octanol–water partition coefficient (Wildman–Crippen LogP) is 1.67. The van der Waals surface area contributed by atoms with Crippen LogP contribution >= 0.6 is 12.4 Å². The molecule has 3 N–H and O–H groups in total. The minimum atomic E-state index is 0. The van der Waals surface area contributed by atoms with Crippen LogP contribution in [0.15, 0.2) is 18.2 Å². The van der Waals surface area contributed by atoms with Crippen molar-refractivity contribution < 1.29 is 9.84 Å². The molecular formula is C9H14ClNO2. The molecule has 1 aromatic carbocycles. The lowest BCUT2D eigenvalue weighted by Crippen LogP contribution is -1.98. The third-order valence-corrected chi connectivity index (χ3v) is 1.60. The molecule has 0 fully saturated rings. The summed E-state index contributed by atoms with van der Waals surface area (Å²) >= 11 is 0. The molecule has 1 rings (SSSR count). The van der Waals surface area contributed by atoms with Crippen molar-refractivity contribution >= 4 is 12.4 Å². The fourth-order valence-corrected chi connectivity index (χ4v) is 1.00. The molecule has 0 spiro atoms. The number of phenols is 1. The van der Waals surface area contributed by atoms with Crippen LogP contribution in [0.4, 0.5) is 0 Å². The van der Waals surface area contributed by atoms with E-state index in [1.807, 2.05) is 13.0 Å². The lowest BCUT2D eigenvalue weighted by Gasteiger charge is -2.07. The second-order valence-electron chi connectivity index (χ2n) is 2.40. The van der Waals surface area contributed by atoms with Crippen molar-refractivity contribution in [2.45, 2.75) is 13.5 Å². The monoisotopic (exact) mass is 203 g/mol. The molecule has 3 nitrogen and oxygen atoms in total. The molecule has 0 atom stereocenters. The first-order valence-corrected chi connectivity index (χ1v) is 3.93. The molecule has 0 saturated heterocycles. The zero-order chi connectivity index (χ0) is 8.97. The van der Waals surface area contributed by atoms with Crippen molar-refractivity contribution in [3.8, 4) is 11.5 Å². The van der Waals surface area contributed by atoms with Gasteiger partial charge in [0.15, 0.2) is 11.5 Å². The second kappa shape index (κ2) is 5.67. The molecule has 0 aliphatic carbocycles. The number of hydrogen-bond donors (Lipinski definition) is 2. The van der Waals surface area contributed by atoms with E-state index in [0.29, 0.717) is 24.5 Å². The van der Waals surface area contributed by atoms with Crippen LogP contribution in [-0.4, -0.2) is 11.7 Å². The van der Waals surface area contributed by atoms with Gasteiger partial charge in [-0.25, -0.2) is 0 Å². The maximum absolute atomic E-state index is 9.51. The molecule has 0 aromatic heterocycles. The number of benzene rings is 1. The standard InChI is InChI=1S/C9H13NO2.ClH/c1-2-12-8-5-3-4-7(6-10)9(8)11;/h3-5,11H,2,6,10H2,1H3;1H. The highest BCUT2D eigenvalue weighted by molar-refractivity contribution is 5.85. The average molecular weight is 204 g/mol. The molecule has 0 saturated carbocycles. The summed E-state index contributed by atoms with van der Waals surface area (Å²) in [5.74, 6) is 0.655. The van der Waals surface area contributed by atoms with Crippen molar-refractivity contribution in [3.63, 3.8) is 0 Å². The highest BCUT2D eigenvalue weighted by Crippen LogP contribution is 2.29. The molecule has 4 heteroatoms. The lowest BCUT2D eigenvalue weighted by atomic mass is 10.2. The second-order valence-corrected chi connectivity index (χ2v) is 2.40. The van der Waals surface area contributed by atoms with Crippen molar-refractivity contribution in [1.29, 1.82) is 0 Å². The summed E-state index contributed by atoms with van der Waals surface area (Å²) in [6, 6.07) is 5.31. The van der Waals surface area contributed by atoms with Crippen LogP contribution in [0.25, 0.3) is 0 Å². The van der Waals surface area contributed by atoms with E-state index in [1.54, 1.807) is 12.1 Å². The zero-order valence-electron chi connectivity index (χ0n) is 7.49. The van der Waals surface area contributed by atoms with Crippen LogP contribution in [-0.2, 0) is 6.54 Å². The largest absolute Gasteiger partial charge is 0.504 e. The van der Waals surface area contributed by atoms with E-state index in [4.69, 9.17) is 10.5 Å². The van der Waals surface area contributed by atoms with Gasteiger partial charge in [0.25, 0.3) is 0 Å². The Kier molecular flexibility index (Phi) is 5.26. The van der Waals surface area contributed by atoms with Crippen molar-refractivity contribution in [2.75, 3.05) is 6.61 Å². The number of rotatable bonds is 3. The van der Waals surface area contributed by atoms with Crippen LogP contribution in [0.3, 0.4) is 0 Å². The Balaban J connectivity index is 0.00000144. The van der Waals surface area contributed by atoms with Crippen molar-refractivity contribution in [1.82, 2.24) is 0 Å². The number of ether oxygens (including phenoxy) is 1. The Morgan fingerprint density at radius 1 is 1.46 bits per heavy atom. The van der Waals surface area contributed by atoms with Gasteiger partial charge in [0.2, 0.25) is 0 Å². The molecule has 0 heterocycles. The lowest BCUT2D eigenvalue weighted by molar-refractivity contribution is 0.316. The van der Waals surface area contributed by atoms with E-state index < -0.39 is 0 Å². The molecule has 0 aliphatic rings. The minimum Gasteiger partial charge on any atom is -0.504 e. The Morgan fingerprint density at radius 3 is 2.69 bits per heavy atom. The van der Waals surface area contributed by atoms with Crippen molar-refractivity contribution in [3.05, 3.63) is 23.8 Å². The van der Waals surface area contributed by atoms with Crippen LogP contribution in [0, 0.1) is 0 Å². The summed E-state index contributed by atoms with van der Waals surface area (Å²) in [5, 5.41) is 9.51. The molecule has 0 bridgehead atoms. The van der Waals surface area contributed by atoms with Crippen molar-refractivity contribution in [2.24, 2.45) is 5.73 Å². The third kappa shape index (κ3) is 2.79. The molecule has 0 unspecified atom stereocenters. The summed E-state index contributed by atoms with van der Waals surface area (Å²) in [7, 11) is 0. The van der Waals surface area contributed by atoms with E-state index in [1.165, 1.54) is 0 Å². The van der Waals surface area contributed by atoms with Gasteiger partial charge in [0.05, 0.1) is 6.61 Å². The number of nitrogens with two attached hydrogens (primary N) is 1. The van der Waals surface area contributed by atoms with E-state index in [-0.39, 0.29) is 18.2 Å². The minimum absolute atomic E-state index is 0. The Bertz CT molecular complexity index is 266. The fourth-order valence-electron chi connectivity index (χ4n) is 1.00. The van der Waals surface area contributed by atoms with Crippen LogP contribution < -0.4 is 10.5 Å². The zero-order valence-corrected chi connectivity index (χ0v) is 8.30. The van der Waals surface area contributed by atoms with Gasteiger partial charge in [-0.15, -0.1) is 12.4 Å². The molecule has 1 aromatic rings. The first-order chi connectivity index (χ1) is 5.79. The van der Waals surface area contributed by atoms with Crippen LogP contribution in [0.1, 0.15) is 12.5 Å². The summed E-state index contributed by atoms with van der Waals surface area (Å²) in [6.45, 7) is 2.74. The Hall–Kier alpha value is -0.930. The van der Waals surface area contributed by atoms with Gasteiger partial charge in [-0.05, 0) is 13.0 Å². The normalized spacial score (nSPS) is 9.08.